The molecular weight excluding hydrogens is 573 g/mol. The van der Waals surface area contributed by atoms with Crippen LogP contribution in [-0.2, 0) is 27.7 Å². The second-order valence-electron chi connectivity index (χ2n) is 9.35. The molecule has 0 radical (unpaired) electrons. The molecule has 4 amide bonds. The Morgan fingerprint density at radius 3 is 2.25 bits per heavy atom. The van der Waals surface area contributed by atoms with Gasteiger partial charge in [-0.25, -0.2) is 18.1 Å². The van der Waals surface area contributed by atoms with Crippen molar-refractivity contribution in [1.82, 2.24) is 15.2 Å². The first kappa shape index (κ1) is 29.0. The van der Waals surface area contributed by atoms with Crippen molar-refractivity contribution >= 4 is 45.0 Å². The van der Waals surface area contributed by atoms with Crippen LogP contribution in [0.25, 0.3) is 0 Å². The van der Waals surface area contributed by atoms with E-state index in [9.17, 15) is 36.0 Å². The number of hydrogen-bond donors (Lipinski definition) is 1. The number of urea groups is 1. The minimum atomic E-state index is -5.60. The van der Waals surface area contributed by atoms with Gasteiger partial charge in [-0.2, -0.15) is 13.2 Å². The summed E-state index contributed by atoms with van der Waals surface area (Å²) in [6.07, 6.45) is 2.76. The van der Waals surface area contributed by atoms with Gasteiger partial charge in [-0.05, 0) is 67.4 Å². The van der Waals surface area contributed by atoms with E-state index in [1.807, 2.05) is 0 Å². The molecule has 0 aliphatic carbocycles. The molecule has 3 aromatic rings. The molecule has 1 N–H and O–H groups in total. The lowest BCUT2D eigenvalue weighted by Crippen LogP contribution is -2.44. The minimum absolute atomic E-state index is 0.109. The summed E-state index contributed by atoms with van der Waals surface area (Å²) in [5.74, 6) is -1.15. The summed E-state index contributed by atoms with van der Waals surface area (Å²) in [4.78, 5) is 44.6. The van der Waals surface area contributed by atoms with E-state index >= 15 is 0 Å². The smallest absolute Gasteiger partial charge is 0.348 e. The number of nitrogens with one attached hydrogen (secondary N) is 1. The fraction of sp³-hybridized carbons (Fsp3) is 0.231. The Bertz CT molecular complexity index is 1580. The van der Waals surface area contributed by atoms with Gasteiger partial charge in [-0.15, -0.1) is 0 Å². The monoisotopic (exact) mass is 594 g/mol. The summed E-state index contributed by atoms with van der Waals surface area (Å²) in [6.45, 7) is 3.00. The van der Waals surface area contributed by atoms with Gasteiger partial charge in [-0.3, -0.25) is 14.6 Å². The predicted octanol–water partition coefficient (Wildman–Crippen LogP) is 4.71. The fourth-order valence-electron chi connectivity index (χ4n) is 4.05. The van der Waals surface area contributed by atoms with Crippen LogP contribution in [0.15, 0.2) is 71.9 Å². The van der Waals surface area contributed by atoms with Crippen LogP contribution in [0, 0.1) is 0 Å². The normalized spacial score (nSPS) is 15.4. The zero-order valence-electron chi connectivity index (χ0n) is 21.1. The molecule has 4 rings (SSSR count). The first-order chi connectivity index (χ1) is 18.6. The minimum Gasteiger partial charge on any atom is -0.348 e. The van der Waals surface area contributed by atoms with Crippen LogP contribution in [0.4, 0.5) is 23.7 Å². The van der Waals surface area contributed by atoms with Crippen molar-refractivity contribution in [1.29, 1.82) is 0 Å². The van der Waals surface area contributed by atoms with E-state index in [1.54, 1.807) is 24.3 Å². The van der Waals surface area contributed by atoms with Gasteiger partial charge in [0.25, 0.3) is 21.7 Å². The average molecular weight is 595 g/mol. The quantitative estimate of drug-likeness (QED) is 0.396. The zero-order chi connectivity index (χ0) is 29.5. The summed E-state index contributed by atoms with van der Waals surface area (Å²) in [6, 6.07) is 10.9. The van der Waals surface area contributed by atoms with Crippen molar-refractivity contribution < 1.29 is 36.0 Å². The fourth-order valence-corrected chi connectivity index (χ4v) is 4.94. The molecule has 1 aliphatic rings. The first-order valence-electron chi connectivity index (χ1n) is 11.7. The summed E-state index contributed by atoms with van der Waals surface area (Å²) in [7, 11) is -5.60. The Morgan fingerprint density at radius 2 is 1.65 bits per heavy atom. The van der Waals surface area contributed by atoms with Gasteiger partial charge < -0.3 is 10.2 Å². The zero-order valence-corrected chi connectivity index (χ0v) is 22.6. The van der Waals surface area contributed by atoms with Crippen LogP contribution in [0.2, 0.25) is 5.02 Å². The van der Waals surface area contributed by atoms with E-state index in [2.05, 4.69) is 10.3 Å². The van der Waals surface area contributed by atoms with Gasteiger partial charge >= 0.3 is 11.5 Å². The number of aromatic nitrogens is 1. The second kappa shape index (κ2) is 10.5. The standard InChI is InChI=1S/C26H22ClF3N4O5S/c1-25(2)23(36)34(19-7-9-20(10-8-19)40(38,39)26(28,29)30)24(37)33(25)15-17-11-12-31-14-21(17)22(35)32-13-16-3-5-18(27)6-4-16/h3-12,14H,13,15H2,1-2H3,(H,32,35). The average Bonchev–Trinajstić information content (AvgIpc) is 3.07. The summed E-state index contributed by atoms with van der Waals surface area (Å²) < 4.78 is 62.0. The maximum Gasteiger partial charge on any atom is 0.501 e. The molecule has 0 unspecified atom stereocenters. The summed E-state index contributed by atoms with van der Waals surface area (Å²) in [5, 5.41) is 3.32. The van der Waals surface area contributed by atoms with E-state index in [4.69, 9.17) is 11.6 Å². The van der Waals surface area contributed by atoms with Crippen LogP contribution in [0.1, 0.15) is 35.3 Å². The van der Waals surface area contributed by atoms with Crippen molar-refractivity contribution in [2.45, 2.75) is 42.9 Å². The van der Waals surface area contributed by atoms with Gasteiger partial charge in [0.15, 0.2) is 0 Å². The SMILES string of the molecule is CC1(C)C(=O)N(c2ccc(S(=O)(=O)C(F)(F)F)cc2)C(=O)N1Cc1ccncc1C(=O)NCc1ccc(Cl)cc1. The van der Waals surface area contributed by atoms with E-state index in [0.717, 1.165) is 22.6 Å². The molecule has 9 nitrogen and oxygen atoms in total. The maximum absolute atomic E-state index is 13.4. The predicted molar refractivity (Wildman–Crippen MR) is 139 cm³/mol. The number of alkyl halides is 3. The third-order valence-corrected chi connectivity index (χ3v) is 8.14. The van der Waals surface area contributed by atoms with Crippen molar-refractivity contribution in [2.24, 2.45) is 0 Å². The molecule has 1 saturated heterocycles. The Morgan fingerprint density at radius 1 is 1.02 bits per heavy atom. The van der Waals surface area contributed by atoms with Crippen molar-refractivity contribution in [3.63, 3.8) is 0 Å². The number of anilines is 1. The lowest BCUT2D eigenvalue weighted by Gasteiger charge is -2.28. The summed E-state index contributed by atoms with van der Waals surface area (Å²) in [5.41, 5.74) is -5.65. The Balaban J connectivity index is 1.56. The van der Waals surface area contributed by atoms with Crippen LogP contribution in [-0.4, -0.2) is 47.2 Å². The van der Waals surface area contributed by atoms with E-state index in [1.165, 1.54) is 37.2 Å². The number of carbonyl (C=O) groups excluding carboxylic acids is 3. The highest BCUT2D eigenvalue weighted by Gasteiger charge is 2.52. The van der Waals surface area contributed by atoms with Crippen LogP contribution < -0.4 is 10.2 Å². The van der Waals surface area contributed by atoms with Gasteiger partial charge in [0, 0.05) is 30.5 Å². The first-order valence-corrected chi connectivity index (χ1v) is 13.5. The maximum atomic E-state index is 13.4. The largest absolute Gasteiger partial charge is 0.501 e. The molecule has 0 spiro atoms. The number of sulfone groups is 1. The number of benzene rings is 2. The highest BCUT2D eigenvalue weighted by molar-refractivity contribution is 7.92. The molecule has 40 heavy (non-hydrogen) atoms. The highest BCUT2D eigenvalue weighted by Crippen LogP contribution is 2.36. The van der Waals surface area contributed by atoms with E-state index in [-0.39, 0.29) is 24.3 Å². The lowest BCUT2D eigenvalue weighted by atomic mass is 10.0. The molecule has 1 fully saturated rings. The van der Waals surface area contributed by atoms with Gasteiger partial charge in [0.2, 0.25) is 0 Å². The number of carbonyl (C=O) groups is 3. The number of halogens is 4. The third-order valence-electron chi connectivity index (χ3n) is 6.38. The number of pyridine rings is 1. The Hall–Kier alpha value is -3.97. The van der Waals surface area contributed by atoms with Gasteiger partial charge in [-0.1, -0.05) is 23.7 Å². The number of rotatable bonds is 7. The molecule has 14 heteroatoms. The molecule has 0 atom stereocenters. The van der Waals surface area contributed by atoms with Crippen LogP contribution >= 0.6 is 11.6 Å². The number of imide groups is 1. The second-order valence-corrected chi connectivity index (χ2v) is 11.7. The van der Waals surface area contributed by atoms with Crippen LogP contribution in [0.3, 0.4) is 0 Å². The van der Waals surface area contributed by atoms with Crippen molar-refractivity contribution in [2.75, 3.05) is 4.90 Å². The van der Waals surface area contributed by atoms with Crippen molar-refractivity contribution in [3.8, 4) is 0 Å². The number of nitrogens with zero attached hydrogens (tertiary/aromatic N) is 3. The molecule has 0 saturated carbocycles. The van der Waals surface area contributed by atoms with Gasteiger partial charge in [0.05, 0.1) is 16.1 Å². The summed E-state index contributed by atoms with van der Waals surface area (Å²) >= 11 is 5.89. The topological polar surface area (TPSA) is 117 Å². The molecule has 1 aromatic heterocycles. The van der Waals surface area contributed by atoms with E-state index < -0.39 is 43.6 Å². The lowest BCUT2D eigenvalue weighted by molar-refractivity contribution is -0.123. The molecule has 210 valence electrons. The number of hydrogen-bond acceptors (Lipinski definition) is 6. The Labute approximate surface area is 232 Å². The van der Waals surface area contributed by atoms with Gasteiger partial charge in [0.1, 0.15) is 5.54 Å². The molecule has 2 aromatic carbocycles. The van der Waals surface area contributed by atoms with E-state index in [0.29, 0.717) is 22.7 Å². The van der Waals surface area contributed by atoms with Crippen molar-refractivity contribution in [3.05, 3.63) is 88.7 Å². The van der Waals surface area contributed by atoms with Crippen LogP contribution in [0.5, 0.6) is 0 Å². The third kappa shape index (κ3) is 5.39. The molecular formula is C26H22ClF3N4O5S. The number of amides is 4. The Kier molecular flexibility index (Phi) is 7.65. The molecule has 1 aliphatic heterocycles. The molecule has 0 bridgehead atoms. The highest BCUT2D eigenvalue weighted by atomic mass is 35.5. The molecule has 2 heterocycles.